The van der Waals surface area contributed by atoms with Gasteiger partial charge in [0.2, 0.25) is 0 Å². The van der Waals surface area contributed by atoms with Crippen molar-refractivity contribution in [3.05, 3.63) is 35.4 Å². The van der Waals surface area contributed by atoms with Crippen LogP contribution in [0, 0.1) is 17.6 Å². The SMILES string of the molecule is NC1CCC(C(=O)Cc2cccc(F)c2F)CC1. The molecule has 0 unspecified atom stereocenters. The summed E-state index contributed by atoms with van der Waals surface area (Å²) in [5.74, 6) is -1.86. The highest BCUT2D eigenvalue weighted by Gasteiger charge is 2.25. The van der Waals surface area contributed by atoms with Crippen molar-refractivity contribution in [3.8, 4) is 0 Å². The normalized spacial score (nSPS) is 23.9. The third-order valence-electron chi connectivity index (χ3n) is 3.62. The van der Waals surface area contributed by atoms with Gasteiger partial charge in [-0.25, -0.2) is 8.78 Å². The van der Waals surface area contributed by atoms with Crippen LogP contribution in [0.3, 0.4) is 0 Å². The Morgan fingerprint density at radius 2 is 1.89 bits per heavy atom. The maximum absolute atomic E-state index is 13.4. The summed E-state index contributed by atoms with van der Waals surface area (Å²) in [6, 6.07) is 4.13. The van der Waals surface area contributed by atoms with E-state index in [0.717, 1.165) is 31.7 Å². The van der Waals surface area contributed by atoms with Crippen molar-refractivity contribution < 1.29 is 13.6 Å². The number of ketones is 1. The molecule has 1 fully saturated rings. The van der Waals surface area contributed by atoms with Gasteiger partial charge in [-0.3, -0.25) is 4.79 Å². The molecule has 98 valence electrons. The smallest absolute Gasteiger partial charge is 0.162 e. The predicted molar refractivity (Wildman–Crippen MR) is 65.0 cm³/mol. The second-order valence-corrected chi connectivity index (χ2v) is 4.97. The van der Waals surface area contributed by atoms with Gasteiger partial charge in [-0.1, -0.05) is 12.1 Å². The van der Waals surface area contributed by atoms with E-state index in [0.29, 0.717) is 0 Å². The van der Waals surface area contributed by atoms with E-state index in [1.54, 1.807) is 0 Å². The molecule has 2 nitrogen and oxygen atoms in total. The summed E-state index contributed by atoms with van der Waals surface area (Å²) < 4.78 is 26.5. The molecule has 0 aliphatic heterocycles. The highest BCUT2D eigenvalue weighted by Crippen LogP contribution is 2.25. The number of hydrogen-bond donors (Lipinski definition) is 1. The predicted octanol–water partition coefficient (Wildman–Crippen LogP) is 2.59. The molecular weight excluding hydrogens is 236 g/mol. The topological polar surface area (TPSA) is 43.1 Å². The van der Waals surface area contributed by atoms with Crippen molar-refractivity contribution >= 4 is 5.78 Å². The monoisotopic (exact) mass is 253 g/mol. The summed E-state index contributed by atoms with van der Waals surface area (Å²) >= 11 is 0. The molecule has 0 saturated heterocycles. The number of nitrogens with two attached hydrogens (primary N) is 1. The second kappa shape index (κ2) is 5.57. The summed E-state index contributed by atoms with van der Waals surface area (Å²) in [6.45, 7) is 0. The molecule has 1 aromatic carbocycles. The van der Waals surface area contributed by atoms with Crippen LogP contribution in [0.15, 0.2) is 18.2 Å². The van der Waals surface area contributed by atoms with Crippen LogP contribution in [-0.4, -0.2) is 11.8 Å². The van der Waals surface area contributed by atoms with Crippen LogP contribution in [0.25, 0.3) is 0 Å². The first kappa shape index (κ1) is 13.1. The van der Waals surface area contributed by atoms with Gasteiger partial charge in [0.15, 0.2) is 11.6 Å². The van der Waals surface area contributed by atoms with Crippen LogP contribution < -0.4 is 5.73 Å². The van der Waals surface area contributed by atoms with Crippen molar-refractivity contribution in [2.24, 2.45) is 11.7 Å². The molecule has 2 N–H and O–H groups in total. The lowest BCUT2D eigenvalue weighted by atomic mass is 9.82. The number of carbonyl (C=O) groups excluding carboxylic acids is 1. The largest absolute Gasteiger partial charge is 0.328 e. The molecule has 18 heavy (non-hydrogen) atoms. The first-order chi connectivity index (χ1) is 8.58. The summed E-state index contributed by atoms with van der Waals surface area (Å²) in [4.78, 5) is 12.0. The number of halogens is 2. The molecule has 0 spiro atoms. The Bertz CT molecular complexity index is 439. The quantitative estimate of drug-likeness (QED) is 0.899. The lowest BCUT2D eigenvalue weighted by Gasteiger charge is -2.25. The maximum Gasteiger partial charge on any atom is 0.162 e. The van der Waals surface area contributed by atoms with Crippen LogP contribution in [-0.2, 0) is 11.2 Å². The van der Waals surface area contributed by atoms with E-state index in [1.807, 2.05) is 0 Å². The lowest BCUT2D eigenvalue weighted by molar-refractivity contribution is -0.123. The van der Waals surface area contributed by atoms with Crippen molar-refractivity contribution in [2.45, 2.75) is 38.1 Å². The summed E-state index contributed by atoms with van der Waals surface area (Å²) in [5, 5.41) is 0. The molecule has 2 rings (SSSR count). The molecule has 0 radical (unpaired) electrons. The third-order valence-corrected chi connectivity index (χ3v) is 3.62. The zero-order valence-electron chi connectivity index (χ0n) is 10.2. The van der Waals surface area contributed by atoms with Crippen LogP contribution >= 0.6 is 0 Å². The van der Waals surface area contributed by atoms with Gasteiger partial charge in [-0.2, -0.15) is 0 Å². The fourth-order valence-corrected chi connectivity index (χ4v) is 2.46. The molecule has 0 atom stereocenters. The molecule has 0 heterocycles. The van der Waals surface area contributed by atoms with Crippen LogP contribution in [0.2, 0.25) is 0 Å². The molecule has 1 aliphatic rings. The van der Waals surface area contributed by atoms with E-state index >= 15 is 0 Å². The van der Waals surface area contributed by atoms with E-state index in [9.17, 15) is 13.6 Å². The minimum atomic E-state index is -0.904. The summed E-state index contributed by atoms with van der Waals surface area (Å²) in [6.07, 6.45) is 3.17. The van der Waals surface area contributed by atoms with Gasteiger partial charge >= 0.3 is 0 Å². The lowest BCUT2D eigenvalue weighted by Crippen LogP contribution is -2.30. The average molecular weight is 253 g/mol. The Labute approximate surface area is 105 Å². The molecule has 0 bridgehead atoms. The van der Waals surface area contributed by atoms with Gasteiger partial charge in [0.25, 0.3) is 0 Å². The zero-order valence-corrected chi connectivity index (χ0v) is 10.2. The van der Waals surface area contributed by atoms with E-state index in [2.05, 4.69) is 0 Å². The van der Waals surface area contributed by atoms with Gasteiger partial charge in [0.1, 0.15) is 5.78 Å². The molecule has 1 saturated carbocycles. The van der Waals surface area contributed by atoms with Crippen LogP contribution in [0.1, 0.15) is 31.2 Å². The zero-order chi connectivity index (χ0) is 13.1. The number of rotatable bonds is 3. The minimum Gasteiger partial charge on any atom is -0.328 e. The first-order valence-electron chi connectivity index (χ1n) is 6.29. The molecule has 1 aromatic rings. The van der Waals surface area contributed by atoms with Gasteiger partial charge in [0.05, 0.1) is 0 Å². The molecule has 0 aromatic heterocycles. The average Bonchev–Trinajstić information content (AvgIpc) is 2.36. The number of Topliss-reactive ketones (excluding diaryl/α,β-unsaturated/α-hetero) is 1. The van der Waals surface area contributed by atoms with Crippen molar-refractivity contribution in [3.63, 3.8) is 0 Å². The van der Waals surface area contributed by atoms with Crippen molar-refractivity contribution in [1.29, 1.82) is 0 Å². The van der Waals surface area contributed by atoms with E-state index in [4.69, 9.17) is 5.73 Å². The Morgan fingerprint density at radius 3 is 2.56 bits per heavy atom. The maximum atomic E-state index is 13.4. The fraction of sp³-hybridized carbons (Fsp3) is 0.500. The summed E-state index contributed by atoms with van der Waals surface area (Å²) in [5.41, 5.74) is 5.92. The van der Waals surface area contributed by atoms with Gasteiger partial charge in [-0.05, 0) is 37.3 Å². The van der Waals surface area contributed by atoms with E-state index in [1.165, 1.54) is 12.1 Å². The van der Waals surface area contributed by atoms with Crippen molar-refractivity contribution in [2.75, 3.05) is 0 Å². The minimum absolute atomic E-state index is 0.00796. The van der Waals surface area contributed by atoms with Crippen LogP contribution in [0.5, 0.6) is 0 Å². The Hall–Kier alpha value is -1.29. The Morgan fingerprint density at radius 1 is 1.22 bits per heavy atom. The number of benzene rings is 1. The fourth-order valence-electron chi connectivity index (χ4n) is 2.46. The summed E-state index contributed by atoms with van der Waals surface area (Å²) in [7, 11) is 0. The second-order valence-electron chi connectivity index (χ2n) is 4.97. The molecule has 0 amide bonds. The first-order valence-corrected chi connectivity index (χ1v) is 6.29. The van der Waals surface area contributed by atoms with Crippen molar-refractivity contribution in [1.82, 2.24) is 0 Å². The van der Waals surface area contributed by atoms with Crippen LogP contribution in [0.4, 0.5) is 8.78 Å². The standard InChI is InChI=1S/C14H17F2NO/c15-12-3-1-2-10(14(12)16)8-13(18)9-4-6-11(17)7-5-9/h1-3,9,11H,4-8,17H2. The van der Waals surface area contributed by atoms with E-state index < -0.39 is 11.6 Å². The molecule has 1 aliphatic carbocycles. The Kier molecular flexibility index (Phi) is 4.07. The number of hydrogen-bond acceptors (Lipinski definition) is 2. The van der Waals surface area contributed by atoms with Gasteiger partial charge < -0.3 is 5.73 Å². The van der Waals surface area contributed by atoms with Gasteiger partial charge in [0, 0.05) is 18.4 Å². The number of carbonyl (C=O) groups is 1. The highest BCUT2D eigenvalue weighted by molar-refractivity contribution is 5.83. The molecule has 4 heteroatoms. The van der Waals surface area contributed by atoms with Gasteiger partial charge in [-0.15, -0.1) is 0 Å². The Balaban J connectivity index is 2.01. The highest BCUT2D eigenvalue weighted by atomic mass is 19.2. The molecular formula is C14H17F2NO. The third kappa shape index (κ3) is 2.93. The van der Waals surface area contributed by atoms with E-state index in [-0.39, 0.29) is 29.7 Å².